The number of nitrogens with zero attached hydrogens (tertiary/aromatic N) is 3. The van der Waals surface area contributed by atoms with Gasteiger partial charge in [0.1, 0.15) is 5.52 Å². The molecule has 2 heterocycles. The van der Waals surface area contributed by atoms with E-state index in [2.05, 4.69) is 22.2 Å². The summed E-state index contributed by atoms with van der Waals surface area (Å²) >= 11 is 0. The van der Waals surface area contributed by atoms with Crippen LogP contribution in [0.2, 0.25) is 0 Å². The second kappa shape index (κ2) is 6.04. The lowest BCUT2D eigenvalue weighted by molar-refractivity contribution is -0.120. The smallest absolute Gasteiger partial charge is 0.244 e. The van der Waals surface area contributed by atoms with Crippen molar-refractivity contribution in [2.24, 2.45) is 5.41 Å². The van der Waals surface area contributed by atoms with Crippen molar-refractivity contribution in [3.8, 4) is 0 Å². The molecule has 0 radical (unpaired) electrons. The number of hydrogen-bond donors (Lipinski definition) is 1. The van der Waals surface area contributed by atoms with E-state index in [0.717, 1.165) is 30.6 Å². The number of aryl methyl sites for hydroxylation is 1. The van der Waals surface area contributed by atoms with Gasteiger partial charge in [0.2, 0.25) is 18.3 Å². The van der Waals surface area contributed by atoms with Crippen LogP contribution < -0.4 is 5.32 Å². The van der Waals surface area contributed by atoms with E-state index < -0.39 is 17.7 Å². The Hall–Kier alpha value is -2.05. The van der Waals surface area contributed by atoms with Crippen molar-refractivity contribution in [2.75, 3.05) is 5.32 Å². The number of pyridine rings is 1. The molecule has 2 aromatic heterocycles. The molecule has 136 valence electrons. The molecule has 0 aromatic carbocycles. The van der Waals surface area contributed by atoms with E-state index in [-0.39, 0.29) is 12.0 Å². The lowest BCUT2D eigenvalue weighted by Crippen LogP contribution is -2.39. The Bertz CT molecular complexity index is 809. The molecule has 0 unspecified atom stereocenters. The molecule has 5 nitrogen and oxygen atoms in total. The molecule has 25 heavy (non-hydrogen) atoms. The summed E-state index contributed by atoms with van der Waals surface area (Å²) in [6, 6.07) is 3.74. The first-order valence-corrected chi connectivity index (χ1v) is 8.57. The third-order valence-electron chi connectivity index (χ3n) is 5.07. The molecule has 1 fully saturated rings. The Morgan fingerprint density at radius 3 is 2.60 bits per heavy atom. The Balaban J connectivity index is 1.96. The van der Waals surface area contributed by atoms with Gasteiger partial charge in [0.05, 0.1) is 0 Å². The van der Waals surface area contributed by atoms with Gasteiger partial charge in [-0.3, -0.25) is 14.7 Å². The molecule has 0 aliphatic heterocycles. The fourth-order valence-electron chi connectivity index (χ4n) is 3.22. The molecule has 7 heteroatoms. The topological polar surface area (TPSA) is 59.8 Å². The second-order valence-electron chi connectivity index (χ2n) is 7.93. The SMILES string of the molecule is Cc1ccc2nc(NC(=O)CC(C)(C)C(F)F)n(C3(C)CCC3)c2n1. The zero-order valence-electron chi connectivity index (χ0n) is 15.1. The Morgan fingerprint density at radius 1 is 1.36 bits per heavy atom. The first-order valence-electron chi connectivity index (χ1n) is 8.57. The van der Waals surface area contributed by atoms with E-state index in [1.54, 1.807) is 0 Å². The normalized spacial score (nSPS) is 16.9. The third kappa shape index (κ3) is 3.24. The van der Waals surface area contributed by atoms with Crippen molar-refractivity contribution in [2.45, 2.75) is 65.3 Å². The summed E-state index contributed by atoms with van der Waals surface area (Å²) in [5.41, 5.74) is 0.757. The highest BCUT2D eigenvalue weighted by molar-refractivity contribution is 5.91. The van der Waals surface area contributed by atoms with Crippen molar-refractivity contribution in [1.29, 1.82) is 0 Å². The third-order valence-corrected chi connectivity index (χ3v) is 5.07. The quantitative estimate of drug-likeness (QED) is 0.876. The average molecular weight is 350 g/mol. The van der Waals surface area contributed by atoms with Crippen molar-refractivity contribution < 1.29 is 13.6 Å². The van der Waals surface area contributed by atoms with Gasteiger partial charge in [-0.1, -0.05) is 13.8 Å². The van der Waals surface area contributed by atoms with Gasteiger partial charge in [0.15, 0.2) is 5.65 Å². The van der Waals surface area contributed by atoms with Crippen LogP contribution in [0, 0.1) is 12.3 Å². The molecular weight excluding hydrogens is 326 g/mol. The fraction of sp³-hybridized carbons (Fsp3) is 0.611. The molecule has 1 saturated carbocycles. The number of imidazole rings is 1. The van der Waals surface area contributed by atoms with Crippen LogP contribution in [0.5, 0.6) is 0 Å². The van der Waals surface area contributed by atoms with E-state index >= 15 is 0 Å². The molecule has 2 aromatic rings. The first kappa shape index (κ1) is 17.8. The standard InChI is InChI=1S/C18H24F2N4O/c1-11-6-7-12-14(21-11)24(18(4)8-5-9-18)16(22-12)23-13(25)10-17(2,3)15(19)20/h6-7,15H,5,8-10H2,1-4H3,(H,22,23,25). The summed E-state index contributed by atoms with van der Waals surface area (Å²) in [6.45, 7) is 6.79. The van der Waals surface area contributed by atoms with Gasteiger partial charge < -0.3 is 0 Å². The Morgan fingerprint density at radius 2 is 2.04 bits per heavy atom. The van der Waals surface area contributed by atoms with Gasteiger partial charge in [-0.15, -0.1) is 0 Å². The molecule has 1 amide bonds. The molecule has 1 aliphatic carbocycles. The van der Waals surface area contributed by atoms with E-state index in [9.17, 15) is 13.6 Å². The number of amides is 1. The van der Waals surface area contributed by atoms with Crippen LogP contribution in [0.15, 0.2) is 12.1 Å². The fourth-order valence-corrected chi connectivity index (χ4v) is 3.22. The van der Waals surface area contributed by atoms with Crippen molar-refractivity contribution in [1.82, 2.24) is 14.5 Å². The lowest BCUT2D eigenvalue weighted by Gasteiger charge is -2.40. The average Bonchev–Trinajstić information content (AvgIpc) is 2.81. The van der Waals surface area contributed by atoms with Gasteiger partial charge in [0.25, 0.3) is 0 Å². The number of hydrogen-bond acceptors (Lipinski definition) is 3. The Labute approximate surface area is 145 Å². The maximum Gasteiger partial charge on any atom is 0.244 e. The Kier molecular flexibility index (Phi) is 4.29. The minimum Gasteiger partial charge on any atom is -0.296 e. The van der Waals surface area contributed by atoms with Gasteiger partial charge in [-0.2, -0.15) is 0 Å². The summed E-state index contributed by atoms with van der Waals surface area (Å²) in [7, 11) is 0. The van der Waals surface area contributed by atoms with Crippen LogP contribution in [0.3, 0.4) is 0 Å². The van der Waals surface area contributed by atoms with E-state index in [1.165, 1.54) is 13.8 Å². The number of fused-ring (bicyclic) bond motifs is 1. The minimum atomic E-state index is -2.56. The number of alkyl halides is 2. The van der Waals surface area contributed by atoms with Crippen LogP contribution in [0.1, 0.15) is 52.1 Å². The summed E-state index contributed by atoms with van der Waals surface area (Å²) in [6.07, 6.45) is 0.217. The molecule has 1 aliphatic rings. The van der Waals surface area contributed by atoms with Gasteiger partial charge >= 0.3 is 0 Å². The van der Waals surface area contributed by atoms with Crippen LogP contribution in [-0.2, 0) is 10.3 Å². The molecule has 0 spiro atoms. The van der Waals surface area contributed by atoms with Gasteiger partial charge in [-0.05, 0) is 45.2 Å². The largest absolute Gasteiger partial charge is 0.296 e. The number of carbonyl (C=O) groups is 1. The number of carbonyl (C=O) groups excluding carboxylic acids is 1. The zero-order valence-corrected chi connectivity index (χ0v) is 15.1. The molecular formula is C18H24F2N4O. The number of halogens is 2. The van der Waals surface area contributed by atoms with Gasteiger partial charge in [-0.25, -0.2) is 18.7 Å². The molecule has 0 saturated heterocycles. The highest BCUT2D eigenvalue weighted by atomic mass is 19.3. The predicted octanol–water partition coefficient (Wildman–Crippen LogP) is 4.26. The van der Waals surface area contributed by atoms with Gasteiger partial charge in [0, 0.05) is 23.1 Å². The predicted molar refractivity (Wildman–Crippen MR) is 92.8 cm³/mol. The van der Waals surface area contributed by atoms with Crippen molar-refractivity contribution in [3.63, 3.8) is 0 Å². The van der Waals surface area contributed by atoms with Crippen molar-refractivity contribution >= 4 is 23.0 Å². The van der Waals surface area contributed by atoms with Crippen LogP contribution in [0.4, 0.5) is 14.7 Å². The monoisotopic (exact) mass is 350 g/mol. The maximum atomic E-state index is 13.0. The lowest BCUT2D eigenvalue weighted by atomic mass is 9.78. The molecule has 1 N–H and O–H groups in total. The first-order chi connectivity index (χ1) is 11.6. The van der Waals surface area contributed by atoms with Crippen molar-refractivity contribution in [3.05, 3.63) is 17.8 Å². The number of nitrogens with one attached hydrogen (secondary N) is 1. The van der Waals surface area contributed by atoms with E-state index in [0.29, 0.717) is 11.5 Å². The van der Waals surface area contributed by atoms with E-state index in [4.69, 9.17) is 0 Å². The summed E-state index contributed by atoms with van der Waals surface area (Å²) < 4.78 is 28.1. The number of anilines is 1. The number of aromatic nitrogens is 3. The highest BCUT2D eigenvalue weighted by Crippen LogP contribution is 2.42. The summed E-state index contributed by atoms with van der Waals surface area (Å²) in [4.78, 5) is 21.4. The summed E-state index contributed by atoms with van der Waals surface area (Å²) in [5.74, 6) is -0.0631. The second-order valence-corrected chi connectivity index (χ2v) is 7.93. The number of rotatable bonds is 5. The van der Waals surface area contributed by atoms with Crippen LogP contribution >= 0.6 is 0 Å². The van der Waals surface area contributed by atoms with Crippen LogP contribution in [-0.4, -0.2) is 26.9 Å². The van der Waals surface area contributed by atoms with E-state index in [1.807, 2.05) is 23.6 Å². The zero-order chi connectivity index (χ0) is 18.4. The minimum absolute atomic E-state index is 0.156. The maximum absolute atomic E-state index is 13.0. The van der Waals surface area contributed by atoms with Crippen LogP contribution in [0.25, 0.3) is 11.2 Å². The summed E-state index contributed by atoms with van der Waals surface area (Å²) in [5, 5.41) is 2.74. The molecule has 0 bridgehead atoms. The molecule has 3 rings (SSSR count). The molecule has 0 atom stereocenters. The highest BCUT2D eigenvalue weighted by Gasteiger charge is 2.38.